The molecule has 108 valence electrons. The molecular formula is C19H22N2. The van der Waals surface area contributed by atoms with Crippen LogP contribution in [0.2, 0.25) is 0 Å². The summed E-state index contributed by atoms with van der Waals surface area (Å²) in [6.45, 7) is 0. The second kappa shape index (κ2) is 4.52. The maximum absolute atomic E-state index is 5.89. The van der Waals surface area contributed by atoms with Gasteiger partial charge >= 0.3 is 0 Å². The van der Waals surface area contributed by atoms with E-state index in [1.807, 2.05) is 24.3 Å². The first-order valence-electron chi connectivity index (χ1n) is 7.90. The normalized spacial score (nSPS) is 26.1. The molecule has 2 aliphatic carbocycles. The van der Waals surface area contributed by atoms with Gasteiger partial charge in [-0.05, 0) is 66.5 Å². The molecule has 0 aromatic heterocycles. The van der Waals surface area contributed by atoms with Crippen LogP contribution in [0.1, 0.15) is 36.8 Å². The van der Waals surface area contributed by atoms with Gasteiger partial charge in [-0.1, -0.05) is 30.7 Å². The third-order valence-corrected chi connectivity index (χ3v) is 5.70. The van der Waals surface area contributed by atoms with Crippen molar-refractivity contribution in [2.24, 2.45) is 11.8 Å². The van der Waals surface area contributed by atoms with Crippen LogP contribution >= 0.6 is 0 Å². The number of hydrogen-bond donors (Lipinski definition) is 2. The molecule has 4 N–H and O–H groups in total. The summed E-state index contributed by atoms with van der Waals surface area (Å²) in [4.78, 5) is 0. The number of rotatable bonds is 2. The van der Waals surface area contributed by atoms with Gasteiger partial charge in [0.1, 0.15) is 0 Å². The second-order valence-electron chi connectivity index (χ2n) is 6.80. The molecule has 0 heterocycles. The Kier molecular flexibility index (Phi) is 2.75. The first-order valence-corrected chi connectivity index (χ1v) is 7.90. The molecule has 0 saturated heterocycles. The van der Waals surface area contributed by atoms with Gasteiger partial charge in [0.15, 0.2) is 0 Å². The fraction of sp³-hybridized carbons (Fsp3) is 0.368. The molecule has 2 aromatic carbocycles. The lowest BCUT2D eigenvalue weighted by molar-refractivity contribution is 0.320. The number of nitrogens with two attached hydrogens (primary N) is 2. The second-order valence-corrected chi connectivity index (χ2v) is 6.80. The lowest BCUT2D eigenvalue weighted by atomic mass is 9.64. The molecule has 2 saturated carbocycles. The Morgan fingerprint density at radius 3 is 1.67 bits per heavy atom. The summed E-state index contributed by atoms with van der Waals surface area (Å²) in [6, 6.07) is 17.1. The summed E-state index contributed by atoms with van der Waals surface area (Å²) >= 11 is 0. The van der Waals surface area contributed by atoms with Gasteiger partial charge in [-0.3, -0.25) is 0 Å². The van der Waals surface area contributed by atoms with Crippen LogP contribution in [0.5, 0.6) is 0 Å². The van der Waals surface area contributed by atoms with E-state index >= 15 is 0 Å². The lowest BCUT2D eigenvalue weighted by Gasteiger charge is -2.39. The Bertz CT molecular complexity index is 597. The first kappa shape index (κ1) is 12.8. The van der Waals surface area contributed by atoms with E-state index in [4.69, 9.17) is 11.5 Å². The Hall–Kier alpha value is -1.96. The zero-order valence-corrected chi connectivity index (χ0v) is 12.3. The van der Waals surface area contributed by atoms with Crippen LogP contribution in [-0.2, 0) is 5.41 Å². The third-order valence-electron chi connectivity index (χ3n) is 5.70. The number of nitrogen functional groups attached to an aromatic ring is 2. The zero-order chi connectivity index (χ0) is 14.4. The van der Waals surface area contributed by atoms with Gasteiger partial charge in [-0.2, -0.15) is 0 Å². The van der Waals surface area contributed by atoms with Crippen LogP contribution < -0.4 is 11.5 Å². The van der Waals surface area contributed by atoms with E-state index in [1.54, 1.807) is 0 Å². The van der Waals surface area contributed by atoms with Gasteiger partial charge in [-0.15, -0.1) is 0 Å². The van der Waals surface area contributed by atoms with Gasteiger partial charge in [0, 0.05) is 16.8 Å². The molecule has 2 fully saturated rings. The van der Waals surface area contributed by atoms with E-state index in [0.29, 0.717) is 0 Å². The monoisotopic (exact) mass is 278 g/mol. The van der Waals surface area contributed by atoms with Crippen molar-refractivity contribution < 1.29 is 0 Å². The predicted molar refractivity (Wildman–Crippen MR) is 87.9 cm³/mol. The van der Waals surface area contributed by atoms with Crippen LogP contribution in [0.3, 0.4) is 0 Å². The van der Waals surface area contributed by atoms with Crippen molar-refractivity contribution in [2.45, 2.75) is 31.1 Å². The van der Waals surface area contributed by atoms with E-state index in [1.165, 1.54) is 36.8 Å². The summed E-state index contributed by atoms with van der Waals surface area (Å²) in [5, 5.41) is 0. The molecule has 21 heavy (non-hydrogen) atoms. The number of anilines is 2. The summed E-state index contributed by atoms with van der Waals surface area (Å²) in [6.07, 6.45) is 5.38. The molecule has 0 aliphatic heterocycles. The summed E-state index contributed by atoms with van der Waals surface area (Å²) in [7, 11) is 0. The fourth-order valence-electron chi connectivity index (χ4n) is 4.76. The Balaban J connectivity index is 1.87. The van der Waals surface area contributed by atoms with E-state index in [0.717, 1.165) is 23.2 Å². The van der Waals surface area contributed by atoms with Crippen LogP contribution in [0.25, 0.3) is 0 Å². The predicted octanol–water partition coefficient (Wildman–Crippen LogP) is 3.96. The maximum atomic E-state index is 5.89. The van der Waals surface area contributed by atoms with Crippen molar-refractivity contribution in [3.63, 3.8) is 0 Å². The largest absolute Gasteiger partial charge is 0.399 e. The minimum Gasteiger partial charge on any atom is -0.399 e. The molecule has 0 spiro atoms. The van der Waals surface area contributed by atoms with Gasteiger partial charge < -0.3 is 11.5 Å². The van der Waals surface area contributed by atoms with E-state index in [2.05, 4.69) is 24.3 Å². The van der Waals surface area contributed by atoms with Crippen molar-refractivity contribution in [2.75, 3.05) is 11.5 Å². The van der Waals surface area contributed by atoms with Gasteiger partial charge in [0.25, 0.3) is 0 Å². The molecule has 2 aromatic rings. The minimum atomic E-state index is 0.171. The van der Waals surface area contributed by atoms with Crippen molar-refractivity contribution in [1.29, 1.82) is 0 Å². The highest BCUT2D eigenvalue weighted by Crippen LogP contribution is 2.60. The van der Waals surface area contributed by atoms with Crippen molar-refractivity contribution in [3.05, 3.63) is 59.7 Å². The number of hydrogen-bond acceptors (Lipinski definition) is 2. The lowest BCUT2D eigenvalue weighted by Crippen LogP contribution is -2.34. The minimum absolute atomic E-state index is 0.171. The summed E-state index contributed by atoms with van der Waals surface area (Å²) in [5.41, 5.74) is 16.5. The zero-order valence-electron chi connectivity index (χ0n) is 12.3. The smallest absolute Gasteiger partial charge is 0.0314 e. The van der Waals surface area contributed by atoms with Crippen LogP contribution in [0.4, 0.5) is 11.4 Å². The highest BCUT2D eigenvalue weighted by molar-refractivity contribution is 5.50. The summed E-state index contributed by atoms with van der Waals surface area (Å²) < 4.78 is 0. The van der Waals surface area contributed by atoms with Crippen LogP contribution in [0.15, 0.2) is 48.5 Å². The van der Waals surface area contributed by atoms with Crippen molar-refractivity contribution >= 4 is 11.4 Å². The van der Waals surface area contributed by atoms with Gasteiger partial charge in [0.2, 0.25) is 0 Å². The third kappa shape index (κ3) is 1.85. The maximum Gasteiger partial charge on any atom is 0.0314 e. The number of fused-ring (bicyclic) bond motifs is 2. The van der Waals surface area contributed by atoms with Gasteiger partial charge in [-0.25, -0.2) is 0 Å². The standard InChI is InChI=1S/C19H22N2/c20-17-7-3-14(4-8-17)19(12-13-1-2-16(19)11-13)15-5-9-18(21)10-6-15/h3-10,13,16H,1-2,11-12,20-21H2. The molecule has 2 aliphatic rings. The molecule has 2 atom stereocenters. The van der Waals surface area contributed by atoms with Crippen LogP contribution in [-0.4, -0.2) is 0 Å². The van der Waals surface area contributed by atoms with E-state index in [-0.39, 0.29) is 5.41 Å². The summed E-state index contributed by atoms with van der Waals surface area (Å²) in [5.74, 6) is 1.64. The number of benzene rings is 2. The molecule has 2 heteroatoms. The molecule has 2 unspecified atom stereocenters. The highest BCUT2D eigenvalue weighted by atomic mass is 14.6. The van der Waals surface area contributed by atoms with E-state index < -0.39 is 0 Å². The van der Waals surface area contributed by atoms with E-state index in [9.17, 15) is 0 Å². The van der Waals surface area contributed by atoms with Crippen molar-refractivity contribution in [1.82, 2.24) is 0 Å². The highest BCUT2D eigenvalue weighted by Gasteiger charge is 2.52. The Morgan fingerprint density at radius 2 is 1.29 bits per heavy atom. The molecular weight excluding hydrogens is 256 g/mol. The Labute approximate surface area is 126 Å². The molecule has 2 nitrogen and oxygen atoms in total. The molecule has 0 amide bonds. The SMILES string of the molecule is Nc1ccc(C2(c3ccc(N)cc3)CC3CCC2C3)cc1. The topological polar surface area (TPSA) is 52.0 Å². The molecule has 0 radical (unpaired) electrons. The average Bonchev–Trinajstić information content (AvgIpc) is 3.10. The van der Waals surface area contributed by atoms with Crippen LogP contribution in [0, 0.1) is 11.8 Å². The van der Waals surface area contributed by atoms with Gasteiger partial charge in [0.05, 0.1) is 0 Å². The first-order chi connectivity index (χ1) is 10.2. The average molecular weight is 278 g/mol. The molecule has 4 rings (SSSR count). The van der Waals surface area contributed by atoms with Crippen molar-refractivity contribution in [3.8, 4) is 0 Å². The fourth-order valence-corrected chi connectivity index (χ4v) is 4.76. The Morgan fingerprint density at radius 1 is 0.762 bits per heavy atom. The quantitative estimate of drug-likeness (QED) is 0.817. The molecule has 2 bridgehead atoms.